The molecule has 4 saturated carbocycles. The Bertz CT molecular complexity index is 1050. The molecule has 41 heavy (non-hydrogen) atoms. The van der Waals surface area contributed by atoms with Gasteiger partial charge in [0.25, 0.3) is 0 Å². The second kappa shape index (κ2) is 11.1. The first-order chi connectivity index (χ1) is 19.3. The van der Waals surface area contributed by atoms with Crippen LogP contribution in [0.15, 0.2) is 23.3 Å². The minimum atomic E-state index is -0.199. The Morgan fingerprint density at radius 2 is 1.37 bits per heavy atom. The molecule has 8 aliphatic rings. The van der Waals surface area contributed by atoms with Gasteiger partial charge in [-0.3, -0.25) is 4.79 Å². The molecule has 0 aromatic carbocycles. The lowest BCUT2D eigenvalue weighted by Crippen LogP contribution is -2.52. The van der Waals surface area contributed by atoms with Crippen LogP contribution in [-0.2, 0) is 23.7 Å². The van der Waals surface area contributed by atoms with E-state index >= 15 is 0 Å². The maximum absolute atomic E-state index is 12.7. The average molecular weight is 571 g/mol. The highest BCUT2D eigenvalue weighted by molar-refractivity contribution is 5.84. The number of allylic oxidation sites excluding steroid dienone is 3. The van der Waals surface area contributed by atoms with Gasteiger partial charge in [-0.05, 0) is 101 Å². The van der Waals surface area contributed by atoms with Gasteiger partial charge in [-0.15, -0.1) is 0 Å². The van der Waals surface area contributed by atoms with Crippen LogP contribution in [-0.4, -0.2) is 55.0 Å². The van der Waals surface area contributed by atoms with Crippen molar-refractivity contribution in [2.45, 2.75) is 128 Å². The van der Waals surface area contributed by atoms with Crippen molar-refractivity contribution in [3.8, 4) is 0 Å². The summed E-state index contributed by atoms with van der Waals surface area (Å²) in [5.41, 5.74) is 3.05. The van der Waals surface area contributed by atoms with E-state index in [1.807, 2.05) is 0 Å². The van der Waals surface area contributed by atoms with Gasteiger partial charge >= 0.3 is 0 Å². The summed E-state index contributed by atoms with van der Waals surface area (Å²) in [5, 5.41) is 10.7. The first-order valence-electron chi connectivity index (χ1n) is 16.3. The summed E-state index contributed by atoms with van der Waals surface area (Å²) >= 11 is 0. The molecule has 8 unspecified atom stereocenters. The predicted octanol–water partition coefficient (Wildman–Crippen LogP) is 6.90. The molecule has 0 amide bonds. The van der Waals surface area contributed by atoms with Crippen molar-refractivity contribution in [1.82, 2.24) is 0 Å². The molecule has 8 rings (SSSR count). The van der Waals surface area contributed by atoms with Gasteiger partial charge in [0.1, 0.15) is 19.4 Å². The lowest BCUT2D eigenvalue weighted by atomic mass is 9.56. The molecule has 2 aliphatic heterocycles. The topological polar surface area (TPSA) is 74.2 Å². The maximum Gasteiger partial charge on any atom is 0.147 e. The summed E-state index contributed by atoms with van der Waals surface area (Å²) in [7, 11) is 0. The van der Waals surface area contributed by atoms with Crippen LogP contribution in [0.5, 0.6) is 0 Å². The average Bonchev–Trinajstić information content (AvgIpc) is 3.75. The fourth-order valence-electron chi connectivity index (χ4n) is 11.3. The molecule has 6 fully saturated rings. The largest absolute Gasteiger partial charge is 0.392 e. The summed E-state index contributed by atoms with van der Waals surface area (Å²) in [6, 6.07) is 0. The molecular formula is C35H54O6. The van der Waals surface area contributed by atoms with Gasteiger partial charge < -0.3 is 24.1 Å². The highest BCUT2D eigenvalue weighted by atomic mass is 16.7. The van der Waals surface area contributed by atoms with Crippen molar-refractivity contribution in [3.05, 3.63) is 23.3 Å². The third-order valence-electron chi connectivity index (χ3n) is 12.9. The smallest absolute Gasteiger partial charge is 0.147 e. The summed E-state index contributed by atoms with van der Waals surface area (Å²) in [5.74, 6) is 1.94. The zero-order chi connectivity index (χ0) is 27.6. The van der Waals surface area contributed by atoms with E-state index in [1.54, 1.807) is 0 Å². The van der Waals surface area contributed by atoms with Crippen molar-refractivity contribution in [1.29, 1.82) is 0 Å². The monoisotopic (exact) mass is 570 g/mol. The van der Waals surface area contributed by atoms with Crippen LogP contribution in [0.25, 0.3) is 0 Å². The Balaban J connectivity index is 0.000000144. The molecule has 0 radical (unpaired) electrons. The number of hydrogen-bond acceptors (Lipinski definition) is 6. The Kier molecular flexibility index (Phi) is 8.15. The van der Waals surface area contributed by atoms with Gasteiger partial charge in [-0.25, -0.2) is 0 Å². The van der Waals surface area contributed by atoms with Gasteiger partial charge in [0, 0.05) is 24.2 Å². The molecule has 230 valence electrons. The fraction of sp³-hybridized carbons (Fsp3) is 0.857. The maximum atomic E-state index is 12.7. The molecule has 6 heteroatoms. The highest BCUT2D eigenvalue weighted by Crippen LogP contribution is 2.65. The van der Waals surface area contributed by atoms with Crippen LogP contribution < -0.4 is 0 Å². The molecular weight excluding hydrogens is 516 g/mol. The Morgan fingerprint density at radius 3 is 2.00 bits per heavy atom. The number of ketones is 1. The lowest BCUT2D eigenvalue weighted by Gasteiger charge is -2.50. The third kappa shape index (κ3) is 4.83. The summed E-state index contributed by atoms with van der Waals surface area (Å²) in [4.78, 5) is 12.7. The van der Waals surface area contributed by atoms with Gasteiger partial charge in [0.2, 0.25) is 0 Å². The van der Waals surface area contributed by atoms with E-state index in [-0.39, 0.29) is 30.7 Å². The van der Waals surface area contributed by atoms with Crippen LogP contribution in [0.1, 0.15) is 111 Å². The van der Waals surface area contributed by atoms with E-state index < -0.39 is 0 Å². The van der Waals surface area contributed by atoms with Crippen molar-refractivity contribution in [2.75, 3.05) is 26.8 Å². The predicted molar refractivity (Wildman–Crippen MR) is 158 cm³/mol. The number of aliphatic hydroxyl groups excluding tert-OH is 1. The third-order valence-corrected chi connectivity index (χ3v) is 12.9. The standard InChI is InChI=1S/C17H26O3.C17H24O3.CH4/c2*1-12-4-6-16-5-2-3-13(14(18)9-12)15(16)17(8-7-16)10-19-11-20-17;/h4,13-15,18H,2-3,5-11H2,1H3;4,13,15H,2-3,5-11H2,1H3;1H4/b2*12-4-;/t13?,14-,15?,16?,17?;;/m0../s1. The molecule has 2 saturated heterocycles. The van der Waals surface area contributed by atoms with Crippen LogP contribution >= 0.6 is 0 Å². The Hall–Kier alpha value is -1.05. The number of carbonyl (C=O) groups is 1. The van der Waals surface area contributed by atoms with E-state index in [0.29, 0.717) is 61.0 Å². The fourth-order valence-corrected chi connectivity index (χ4v) is 11.3. The normalized spacial score (nSPS) is 51.0. The minimum Gasteiger partial charge on any atom is -0.392 e. The Labute approximate surface area is 247 Å². The van der Waals surface area contributed by atoms with Crippen LogP contribution in [0.3, 0.4) is 0 Å². The second-order valence-corrected chi connectivity index (χ2v) is 15.0. The summed E-state index contributed by atoms with van der Waals surface area (Å²) in [6.07, 6.45) is 20.2. The molecule has 2 spiro atoms. The number of Topliss-reactive ketones (excluding diaryl/α,β-unsaturated/α-hetero) is 1. The number of ether oxygens (including phenoxy) is 4. The van der Waals surface area contributed by atoms with Gasteiger partial charge in [-0.2, -0.15) is 0 Å². The number of rotatable bonds is 0. The van der Waals surface area contributed by atoms with E-state index in [4.69, 9.17) is 18.9 Å². The van der Waals surface area contributed by atoms with Crippen molar-refractivity contribution >= 4 is 5.78 Å². The van der Waals surface area contributed by atoms with E-state index in [1.165, 1.54) is 56.1 Å². The summed E-state index contributed by atoms with van der Waals surface area (Å²) in [6.45, 7) is 6.60. The number of aliphatic hydroxyl groups is 1. The molecule has 2 heterocycles. The van der Waals surface area contributed by atoms with E-state index in [2.05, 4.69) is 26.0 Å². The van der Waals surface area contributed by atoms with Crippen molar-refractivity contribution in [3.63, 3.8) is 0 Å². The molecule has 9 atom stereocenters. The second-order valence-electron chi connectivity index (χ2n) is 15.0. The molecule has 4 bridgehead atoms. The zero-order valence-electron chi connectivity index (χ0n) is 24.8. The van der Waals surface area contributed by atoms with Gasteiger partial charge in [0.05, 0.1) is 30.5 Å². The van der Waals surface area contributed by atoms with Crippen LogP contribution in [0, 0.1) is 34.5 Å². The van der Waals surface area contributed by atoms with E-state index in [9.17, 15) is 9.90 Å². The number of hydrogen-bond donors (Lipinski definition) is 1. The molecule has 1 N–H and O–H groups in total. The van der Waals surface area contributed by atoms with Crippen molar-refractivity contribution in [2.24, 2.45) is 34.5 Å². The highest BCUT2D eigenvalue weighted by Gasteiger charge is 2.65. The van der Waals surface area contributed by atoms with Crippen LogP contribution in [0.2, 0.25) is 0 Å². The minimum absolute atomic E-state index is 0. The Morgan fingerprint density at radius 1 is 0.780 bits per heavy atom. The first-order valence-corrected chi connectivity index (χ1v) is 16.3. The SMILES string of the molecule is C.C/C1=C/CC23CCCC(C(=O)C1)C2C1(CC3)COCO1.C/C1=C/CC23CCCC(C2C2(CC3)COCO2)[C@@H](O)C1. The van der Waals surface area contributed by atoms with Crippen LogP contribution in [0.4, 0.5) is 0 Å². The molecule has 0 aromatic rings. The number of carbonyl (C=O) groups excluding carboxylic acids is 1. The molecule has 6 nitrogen and oxygen atoms in total. The lowest BCUT2D eigenvalue weighted by molar-refractivity contribution is -0.137. The molecule has 6 aliphatic carbocycles. The quantitative estimate of drug-likeness (QED) is 0.320. The zero-order valence-corrected chi connectivity index (χ0v) is 24.8. The van der Waals surface area contributed by atoms with Gasteiger partial charge in [-0.1, -0.05) is 43.6 Å². The van der Waals surface area contributed by atoms with Gasteiger partial charge in [0.15, 0.2) is 0 Å². The summed E-state index contributed by atoms with van der Waals surface area (Å²) < 4.78 is 23.4. The van der Waals surface area contributed by atoms with Crippen molar-refractivity contribution < 1.29 is 28.8 Å². The van der Waals surface area contributed by atoms with E-state index in [0.717, 1.165) is 45.1 Å². The first kappa shape index (κ1) is 30.0. The molecule has 0 aromatic heterocycles.